The van der Waals surface area contributed by atoms with Crippen LogP contribution in [0.5, 0.6) is 0 Å². The average molecular weight is 319 g/mol. The Morgan fingerprint density at radius 3 is 2.73 bits per heavy atom. The van der Waals surface area contributed by atoms with Crippen LogP contribution >= 0.6 is 11.3 Å². The van der Waals surface area contributed by atoms with E-state index in [-0.39, 0.29) is 18.4 Å². The Hall–Kier alpha value is -1.95. The van der Waals surface area contributed by atoms with Gasteiger partial charge in [0.25, 0.3) is 0 Å². The van der Waals surface area contributed by atoms with Gasteiger partial charge in [0.15, 0.2) is 0 Å². The fourth-order valence-electron chi connectivity index (χ4n) is 2.20. The van der Waals surface area contributed by atoms with E-state index >= 15 is 0 Å². The second kappa shape index (κ2) is 7.89. The van der Waals surface area contributed by atoms with Crippen molar-refractivity contribution in [3.05, 3.63) is 29.3 Å². The molecule has 22 heavy (non-hydrogen) atoms. The minimum absolute atomic E-state index is 0.00647. The molecule has 1 N–H and O–H groups in total. The predicted octanol–water partition coefficient (Wildman–Crippen LogP) is 2.21. The number of amides is 2. The molecular weight excluding hydrogens is 298 g/mol. The number of nitrogens with zero attached hydrogens (tertiary/aromatic N) is 2. The summed E-state index contributed by atoms with van der Waals surface area (Å²) >= 11 is 1.62. The third-order valence-corrected chi connectivity index (χ3v) is 4.43. The summed E-state index contributed by atoms with van der Waals surface area (Å²) in [5.41, 5.74) is 0.977. The van der Waals surface area contributed by atoms with Gasteiger partial charge in [0.1, 0.15) is 0 Å². The Bertz CT molecular complexity index is 621. The van der Waals surface area contributed by atoms with E-state index in [2.05, 4.69) is 10.3 Å². The quantitative estimate of drug-likeness (QED) is 0.851. The van der Waals surface area contributed by atoms with Crippen molar-refractivity contribution in [2.24, 2.45) is 0 Å². The molecule has 2 rings (SSSR count). The summed E-state index contributed by atoms with van der Waals surface area (Å²) in [5, 5.41) is 3.68. The van der Waals surface area contributed by atoms with Crippen LogP contribution in [0.25, 0.3) is 10.2 Å². The number of hydrogen-bond acceptors (Lipinski definition) is 4. The molecular formula is C16H21N3O2S. The number of fused-ring (bicyclic) bond motifs is 1. The van der Waals surface area contributed by atoms with E-state index in [4.69, 9.17) is 0 Å². The van der Waals surface area contributed by atoms with Crippen LogP contribution in [0.1, 0.15) is 25.3 Å². The molecule has 0 bridgehead atoms. The number of aromatic nitrogens is 1. The maximum Gasteiger partial charge on any atom is 0.239 e. The highest BCUT2D eigenvalue weighted by Gasteiger charge is 2.15. The van der Waals surface area contributed by atoms with Gasteiger partial charge >= 0.3 is 0 Å². The monoisotopic (exact) mass is 319 g/mol. The zero-order valence-electron chi connectivity index (χ0n) is 13.0. The molecule has 6 heteroatoms. The summed E-state index contributed by atoms with van der Waals surface area (Å²) in [5.74, 6) is -0.120. The molecule has 0 saturated carbocycles. The molecule has 0 radical (unpaired) electrons. The van der Waals surface area contributed by atoms with Crippen LogP contribution in [0.3, 0.4) is 0 Å². The Labute approximate surface area is 134 Å². The largest absolute Gasteiger partial charge is 0.355 e. The summed E-state index contributed by atoms with van der Waals surface area (Å²) in [6, 6.07) is 7.96. The lowest BCUT2D eigenvalue weighted by Gasteiger charge is -2.19. The number of carbonyl (C=O) groups excluding carboxylic acids is 2. The number of benzene rings is 1. The van der Waals surface area contributed by atoms with Gasteiger partial charge in [0, 0.05) is 25.9 Å². The molecule has 2 amide bonds. The third kappa shape index (κ3) is 4.27. The van der Waals surface area contributed by atoms with E-state index in [0.29, 0.717) is 25.9 Å². The van der Waals surface area contributed by atoms with Crippen LogP contribution in [0.15, 0.2) is 24.3 Å². The molecule has 1 aromatic carbocycles. The molecule has 0 spiro atoms. The van der Waals surface area contributed by atoms with E-state index in [9.17, 15) is 9.59 Å². The Balaban J connectivity index is 1.91. The van der Waals surface area contributed by atoms with Crippen molar-refractivity contribution in [1.29, 1.82) is 0 Å². The van der Waals surface area contributed by atoms with Crippen LogP contribution in [0, 0.1) is 0 Å². The van der Waals surface area contributed by atoms with Crippen molar-refractivity contribution in [2.45, 2.75) is 26.7 Å². The Morgan fingerprint density at radius 1 is 1.27 bits per heavy atom. The van der Waals surface area contributed by atoms with E-state index in [1.807, 2.05) is 38.1 Å². The molecule has 0 atom stereocenters. The van der Waals surface area contributed by atoms with Gasteiger partial charge in [-0.1, -0.05) is 12.1 Å². The second-order valence-electron chi connectivity index (χ2n) is 4.94. The molecule has 0 aliphatic carbocycles. The first-order valence-electron chi connectivity index (χ1n) is 7.53. The average Bonchev–Trinajstić information content (AvgIpc) is 2.93. The van der Waals surface area contributed by atoms with Gasteiger partial charge in [0.05, 0.1) is 21.8 Å². The molecule has 118 valence electrons. The van der Waals surface area contributed by atoms with Crippen molar-refractivity contribution in [3.63, 3.8) is 0 Å². The summed E-state index contributed by atoms with van der Waals surface area (Å²) in [6.07, 6.45) is 0.997. The third-order valence-electron chi connectivity index (χ3n) is 3.33. The second-order valence-corrected chi connectivity index (χ2v) is 6.05. The van der Waals surface area contributed by atoms with Crippen molar-refractivity contribution in [1.82, 2.24) is 15.2 Å². The summed E-state index contributed by atoms with van der Waals surface area (Å²) in [6.45, 7) is 4.99. The van der Waals surface area contributed by atoms with Gasteiger partial charge in [0.2, 0.25) is 11.8 Å². The predicted molar refractivity (Wildman–Crippen MR) is 88.9 cm³/mol. The van der Waals surface area contributed by atoms with Gasteiger partial charge in [-0.3, -0.25) is 9.59 Å². The summed E-state index contributed by atoms with van der Waals surface area (Å²) in [7, 11) is 0. The standard InChI is InChI=1S/C16H21N3O2S/c1-3-17-14(20)11-19(4-2)16(21)10-9-15-18-12-7-5-6-8-13(12)22-15/h5-8H,3-4,9-11H2,1-2H3,(H,17,20). The Morgan fingerprint density at radius 2 is 2.05 bits per heavy atom. The van der Waals surface area contributed by atoms with E-state index < -0.39 is 0 Å². The van der Waals surface area contributed by atoms with Crippen molar-refractivity contribution < 1.29 is 9.59 Å². The number of hydrogen-bond donors (Lipinski definition) is 1. The van der Waals surface area contributed by atoms with Crippen molar-refractivity contribution in [2.75, 3.05) is 19.6 Å². The number of rotatable bonds is 7. The molecule has 1 aromatic heterocycles. The van der Waals surface area contributed by atoms with E-state index in [1.165, 1.54) is 0 Å². The first kappa shape index (κ1) is 16.4. The number of thiazole rings is 1. The van der Waals surface area contributed by atoms with Gasteiger partial charge in [-0.25, -0.2) is 4.98 Å². The summed E-state index contributed by atoms with van der Waals surface area (Å²) < 4.78 is 1.14. The molecule has 5 nitrogen and oxygen atoms in total. The van der Waals surface area contributed by atoms with Crippen molar-refractivity contribution in [3.8, 4) is 0 Å². The van der Waals surface area contributed by atoms with Gasteiger partial charge in [-0.15, -0.1) is 11.3 Å². The fraction of sp³-hybridized carbons (Fsp3) is 0.438. The lowest BCUT2D eigenvalue weighted by Crippen LogP contribution is -2.40. The first-order chi connectivity index (χ1) is 10.6. The zero-order chi connectivity index (χ0) is 15.9. The molecule has 0 aliphatic heterocycles. The van der Waals surface area contributed by atoms with Gasteiger partial charge < -0.3 is 10.2 Å². The zero-order valence-corrected chi connectivity index (χ0v) is 13.8. The van der Waals surface area contributed by atoms with Crippen molar-refractivity contribution >= 4 is 33.4 Å². The van der Waals surface area contributed by atoms with Crippen LogP contribution in [0.2, 0.25) is 0 Å². The molecule has 0 unspecified atom stereocenters. The van der Waals surface area contributed by atoms with Gasteiger partial charge in [-0.05, 0) is 26.0 Å². The van der Waals surface area contributed by atoms with Crippen LogP contribution < -0.4 is 5.32 Å². The lowest BCUT2D eigenvalue weighted by molar-refractivity contribution is -0.135. The van der Waals surface area contributed by atoms with E-state index in [1.54, 1.807) is 16.2 Å². The molecule has 2 aromatic rings. The number of para-hydroxylation sites is 1. The minimum Gasteiger partial charge on any atom is -0.355 e. The fourth-order valence-corrected chi connectivity index (χ4v) is 3.17. The number of likely N-dealkylation sites (N-methyl/N-ethyl adjacent to an activating group) is 2. The normalized spacial score (nSPS) is 10.6. The highest BCUT2D eigenvalue weighted by atomic mass is 32.1. The molecule has 1 heterocycles. The van der Waals surface area contributed by atoms with Crippen LogP contribution in [-0.2, 0) is 16.0 Å². The number of carbonyl (C=O) groups is 2. The van der Waals surface area contributed by atoms with E-state index in [0.717, 1.165) is 15.2 Å². The SMILES string of the molecule is CCNC(=O)CN(CC)C(=O)CCc1nc2ccccc2s1. The van der Waals surface area contributed by atoms with Crippen LogP contribution in [0.4, 0.5) is 0 Å². The molecule has 0 saturated heterocycles. The maximum absolute atomic E-state index is 12.2. The van der Waals surface area contributed by atoms with Gasteiger partial charge in [-0.2, -0.15) is 0 Å². The Kier molecular flexibility index (Phi) is 5.89. The maximum atomic E-state index is 12.2. The minimum atomic E-state index is -0.113. The topological polar surface area (TPSA) is 62.3 Å². The highest BCUT2D eigenvalue weighted by Crippen LogP contribution is 2.22. The smallest absolute Gasteiger partial charge is 0.239 e. The first-order valence-corrected chi connectivity index (χ1v) is 8.34. The molecule has 0 fully saturated rings. The highest BCUT2D eigenvalue weighted by molar-refractivity contribution is 7.18. The van der Waals surface area contributed by atoms with Crippen LogP contribution in [-0.4, -0.2) is 41.3 Å². The number of aryl methyl sites for hydroxylation is 1. The lowest BCUT2D eigenvalue weighted by atomic mass is 10.2. The summed E-state index contributed by atoms with van der Waals surface area (Å²) in [4.78, 5) is 29.9. The molecule has 0 aliphatic rings. The number of nitrogens with one attached hydrogen (secondary N) is 1.